The number of aromatic hydroxyl groups is 1. The Kier molecular flexibility index (Phi) is 2.73. The van der Waals surface area contributed by atoms with Crippen molar-refractivity contribution in [2.24, 2.45) is 0 Å². The number of para-hydroxylation sites is 1. The summed E-state index contributed by atoms with van der Waals surface area (Å²) >= 11 is 0. The second-order valence-electron chi connectivity index (χ2n) is 4.15. The molecule has 0 spiro atoms. The predicted molar refractivity (Wildman–Crippen MR) is 57.8 cm³/mol. The topological polar surface area (TPSA) is 66.8 Å². The predicted octanol–water partition coefficient (Wildman–Crippen LogP) is 2.12. The van der Waals surface area contributed by atoms with Crippen molar-refractivity contribution in [3.63, 3.8) is 0 Å². The minimum absolute atomic E-state index is 0.0647. The van der Waals surface area contributed by atoms with Gasteiger partial charge < -0.3 is 14.9 Å². The van der Waals surface area contributed by atoms with Crippen LogP contribution in [0.4, 0.5) is 0 Å². The Morgan fingerprint density at radius 1 is 1.56 bits per heavy atom. The van der Waals surface area contributed by atoms with Crippen LogP contribution in [-0.2, 0) is 4.79 Å². The molecule has 0 aromatic heterocycles. The highest BCUT2D eigenvalue weighted by Gasteiger charge is 2.29. The van der Waals surface area contributed by atoms with Gasteiger partial charge in [-0.1, -0.05) is 12.1 Å². The minimum atomic E-state index is -0.826. The number of phenols is 1. The number of carboxylic acid groups (broad SMARTS) is 1. The Balaban J connectivity index is 2.38. The van der Waals surface area contributed by atoms with Crippen LogP contribution in [0.3, 0.4) is 0 Å². The number of hydrogen-bond donors (Lipinski definition) is 2. The Morgan fingerprint density at radius 3 is 3.00 bits per heavy atom. The van der Waals surface area contributed by atoms with Crippen molar-refractivity contribution in [1.29, 1.82) is 0 Å². The highest BCUT2D eigenvalue weighted by Crippen LogP contribution is 2.42. The molecule has 86 valence electrons. The van der Waals surface area contributed by atoms with Crippen molar-refractivity contribution >= 4 is 5.97 Å². The van der Waals surface area contributed by atoms with Gasteiger partial charge in [0.05, 0.1) is 12.5 Å². The zero-order valence-electron chi connectivity index (χ0n) is 9.01. The van der Waals surface area contributed by atoms with Crippen LogP contribution in [-0.4, -0.2) is 22.3 Å². The largest absolute Gasteiger partial charge is 0.504 e. The summed E-state index contributed by atoms with van der Waals surface area (Å²) in [5, 5.41) is 18.5. The van der Waals surface area contributed by atoms with E-state index in [1.807, 2.05) is 13.0 Å². The van der Waals surface area contributed by atoms with Gasteiger partial charge in [-0.25, -0.2) is 0 Å². The number of phenolic OH excluding ortho intramolecular Hbond substituents is 1. The molecule has 1 aliphatic heterocycles. The monoisotopic (exact) mass is 222 g/mol. The molecule has 1 aliphatic rings. The van der Waals surface area contributed by atoms with E-state index in [0.29, 0.717) is 12.2 Å². The lowest BCUT2D eigenvalue weighted by molar-refractivity contribution is -0.137. The molecule has 1 heterocycles. The van der Waals surface area contributed by atoms with Crippen LogP contribution < -0.4 is 4.74 Å². The molecule has 0 amide bonds. The van der Waals surface area contributed by atoms with Crippen LogP contribution >= 0.6 is 0 Å². The van der Waals surface area contributed by atoms with Crippen molar-refractivity contribution in [3.05, 3.63) is 23.8 Å². The number of benzene rings is 1. The van der Waals surface area contributed by atoms with Gasteiger partial charge in [0.15, 0.2) is 11.5 Å². The van der Waals surface area contributed by atoms with Gasteiger partial charge in [-0.15, -0.1) is 0 Å². The Morgan fingerprint density at radius 2 is 2.31 bits per heavy atom. The summed E-state index contributed by atoms with van der Waals surface area (Å²) in [5.74, 6) is -0.385. The molecule has 2 atom stereocenters. The standard InChI is InChI=1S/C12H14O4/c1-7-5-8(6-11(14)15)9-3-2-4-10(13)12(9)16-7/h2-4,7-8,13H,5-6H2,1H3,(H,14,15). The van der Waals surface area contributed by atoms with E-state index in [-0.39, 0.29) is 24.2 Å². The highest BCUT2D eigenvalue weighted by atomic mass is 16.5. The number of aliphatic carboxylic acids is 1. The first-order valence-electron chi connectivity index (χ1n) is 5.28. The maximum atomic E-state index is 10.8. The third kappa shape index (κ3) is 1.96. The molecule has 0 aliphatic carbocycles. The maximum Gasteiger partial charge on any atom is 0.303 e. The number of rotatable bonds is 2. The molecule has 4 heteroatoms. The molecule has 0 saturated heterocycles. The molecule has 0 bridgehead atoms. The van der Waals surface area contributed by atoms with Crippen molar-refractivity contribution in [3.8, 4) is 11.5 Å². The molecule has 1 aromatic rings. The van der Waals surface area contributed by atoms with Crippen LogP contribution in [0, 0.1) is 0 Å². The lowest BCUT2D eigenvalue weighted by atomic mass is 9.87. The Hall–Kier alpha value is -1.71. The molecule has 0 saturated carbocycles. The molecule has 4 nitrogen and oxygen atoms in total. The smallest absolute Gasteiger partial charge is 0.303 e. The van der Waals surface area contributed by atoms with Gasteiger partial charge in [0.25, 0.3) is 0 Å². The summed E-state index contributed by atoms with van der Waals surface area (Å²) in [6.07, 6.45) is 0.678. The fraction of sp³-hybridized carbons (Fsp3) is 0.417. The third-order valence-corrected chi connectivity index (χ3v) is 2.82. The fourth-order valence-electron chi connectivity index (χ4n) is 2.17. The van der Waals surface area contributed by atoms with Gasteiger partial charge >= 0.3 is 5.97 Å². The number of fused-ring (bicyclic) bond motifs is 1. The molecule has 2 N–H and O–H groups in total. The second-order valence-corrected chi connectivity index (χ2v) is 4.15. The van der Waals surface area contributed by atoms with Gasteiger partial charge in [0, 0.05) is 11.5 Å². The van der Waals surface area contributed by atoms with E-state index in [0.717, 1.165) is 5.56 Å². The molecule has 0 fully saturated rings. The zero-order valence-corrected chi connectivity index (χ0v) is 9.01. The van der Waals surface area contributed by atoms with E-state index >= 15 is 0 Å². The summed E-state index contributed by atoms with van der Waals surface area (Å²) in [5.41, 5.74) is 0.792. The number of ether oxygens (including phenoxy) is 1. The van der Waals surface area contributed by atoms with Crippen molar-refractivity contribution < 1.29 is 19.7 Å². The average Bonchev–Trinajstić information content (AvgIpc) is 2.18. The van der Waals surface area contributed by atoms with Crippen LogP contribution in [0.25, 0.3) is 0 Å². The molecular formula is C12H14O4. The van der Waals surface area contributed by atoms with Gasteiger partial charge in [0.1, 0.15) is 0 Å². The highest BCUT2D eigenvalue weighted by molar-refractivity contribution is 5.68. The van der Waals surface area contributed by atoms with Crippen molar-refractivity contribution in [1.82, 2.24) is 0 Å². The Labute approximate surface area is 93.5 Å². The van der Waals surface area contributed by atoms with Crippen LogP contribution in [0.5, 0.6) is 11.5 Å². The molecule has 0 radical (unpaired) electrons. The third-order valence-electron chi connectivity index (χ3n) is 2.82. The maximum absolute atomic E-state index is 10.8. The van der Waals surface area contributed by atoms with Crippen LogP contribution in [0.1, 0.15) is 31.2 Å². The summed E-state index contributed by atoms with van der Waals surface area (Å²) in [4.78, 5) is 10.8. The first kappa shape index (κ1) is 10.8. The summed E-state index contributed by atoms with van der Waals surface area (Å²) in [7, 11) is 0. The lowest BCUT2D eigenvalue weighted by Gasteiger charge is -2.29. The summed E-state index contributed by atoms with van der Waals surface area (Å²) in [6.45, 7) is 1.88. The summed E-state index contributed by atoms with van der Waals surface area (Å²) < 4.78 is 5.53. The summed E-state index contributed by atoms with van der Waals surface area (Å²) in [6, 6.07) is 5.08. The molecule has 1 aromatic carbocycles. The van der Waals surface area contributed by atoms with Crippen molar-refractivity contribution in [2.75, 3.05) is 0 Å². The van der Waals surface area contributed by atoms with Gasteiger partial charge in [-0.2, -0.15) is 0 Å². The van der Waals surface area contributed by atoms with E-state index in [2.05, 4.69) is 0 Å². The second kappa shape index (κ2) is 4.04. The Bertz CT molecular complexity index is 413. The van der Waals surface area contributed by atoms with E-state index in [4.69, 9.17) is 9.84 Å². The number of hydrogen-bond acceptors (Lipinski definition) is 3. The minimum Gasteiger partial charge on any atom is -0.504 e. The SMILES string of the molecule is CC1CC(CC(=O)O)c2cccc(O)c2O1. The van der Waals surface area contributed by atoms with Crippen LogP contribution in [0.2, 0.25) is 0 Å². The molecule has 2 unspecified atom stereocenters. The molecular weight excluding hydrogens is 208 g/mol. The van der Waals surface area contributed by atoms with E-state index in [1.165, 1.54) is 0 Å². The lowest BCUT2D eigenvalue weighted by Crippen LogP contribution is -2.24. The first-order chi connectivity index (χ1) is 7.58. The van der Waals surface area contributed by atoms with E-state index in [1.54, 1.807) is 12.1 Å². The quantitative estimate of drug-likeness (QED) is 0.804. The van der Waals surface area contributed by atoms with Crippen LogP contribution in [0.15, 0.2) is 18.2 Å². The molecule has 16 heavy (non-hydrogen) atoms. The fourth-order valence-corrected chi connectivity index (χ4v) is 2.17. The van der Waals surface area contributed by atoms with E-state index in [9.17, 15) is 9.90 Å². The first-order valence-corrected chi connectivity index (χ1v) is 5.28. The van der Waals surface area contributed by atoms with E-state index < -0.39 is 5.97 Å². The van der Waals surface area contributed by atoms with Gasteiger partial charge in [0.2, 0.25) is 0 Å². The number of carbonyl (C=O) groups is 1. The van der Waals surface area contributed by atoms with Crippen molar-refractivity contribution in [2.45, 2.75) is 31.8 Å². The number of carboxylic acids is 1. The normalized spacial score (nSPS) is 23.3. The average molecular weight is 222 g/mol. The van der Waals surface area contributed by atoms with Gasteiger partial charge in [-0.05, 0) is 19.4 Å². The molecule has 2 rings (SSSR count). The zero-order chi connectivity index (χ0) is 11.7. The van der Waals surface area contributed by atoms with Gasteiger partial charge in [-0.3, -0.25) is 4.79 Å².